The second kappa shape index (κ2) is 8.26. The molecule has 1 aromatic heterocycles. The maximum absolute atomic E-state index is 13.5. The number of aromatic nitrogens is 1. The molecule has 3 aromatic rings. The SMILES string of the molecule is COc1c(C)cc(C)cc1/C(O)=C1\C(=O)C(=O)N(c2ccc(F)cc2)C1c1cccnc1. The fourth-order valence-corrected chi connectivity index (χ4v) is 4.10. The van der Waals surface area contributed by atoms with E-state index < -0.39 is 23.5 Å². The summed E-state index contributed by atoms with van der Waals surface area (Å²) in [4.78, 5) is 31.6. The molecule has 1 saturated heterocycles. The topological polar surface area (TPSA) is 79.7 Å². The van der Waals surface area contributed by atoms with E-state index in [-0.39, 0.29) is 11.3 Å². The minimum absolute atomic E-state index is 0.0874. The first-order valence-corrected chi connectivity index (χ1v) is 9.95. The molecule has 6 nitrogen and oxygen atoms in total. The summed E-state index contributed by atoms with van der Waals surface area (Å²) in [7, 11) is 1.48. The van der Waals surface area contributed by atoms with Gasteiger partial charge < -0.3 is 9.84 Å². The smallest absolute Gasteiger partial charge is 0.300 e. The van der Waals surface area contributed by atoms with Gasteiger partial charge in [0.05, 0.1) is 24.3 Å². The highest BCUT2D eigenvalue weighted by molar-refractivity contribution is 6.51. The number of carbonyl (C=O) groups is 2. The predicted molar refractivity (Wildman–Crippen MR) is 118 cm³/mol. The molecular weight excluding hydrogens is 411 g/mol. The molecule has 1 fully saturated rings. The Hall–Kier alpha value is -4.00. The molecule has 1 amide bonds. The van der Waals surface area contributed by atoms with Crippen LogP contribution in [0.15, 0.2) is 66.5 Å². The quantitative estimate of drug-likeness (QED) is 0.374. The molecule has 7 heteroatoms. The van der Waals surface area contributed by atoms with Gasteiger partial charge in [0.15, 0.2) is 0 Å². The zero-order valence-corrected chi connectivity index (χ0v) is 17.8. The van der Waals surface area contributed by atoms with Gasteiger partial charge in [0.2, 0.25) is 0 Å². The maximum Gasteiger partial charge on any atom is 0.300 e. The highest BCUT2D eigenvalue weighted by Crippen LogP contribution is 2.43. The maximum atomic E-state index is 13.5. The number of pyridine rings is 1. The number of rotatable bonds is 4. The molecule has 162 valence electrons. The molecule has 0 radical (unpaired) electrons. The third-order valence-electron chi connectivity index (χ3n) is 5.43. The van der Waals surface area contributed by atoms with Crippen molar-refractivity contribution in [3.05, 3.63) is 94.6 Å². The summed E-state index contributed by atoms with van der Waals surface area (Å²) in [5.41, 5.74) is 2.72. The van der Waals surface area contributed by atoms with E-state index in [9.17, 15) is 19.1 Å². The molecule has 1 aliphatic heterocycles. The number of aliphatic hydroxyl groups excluding tert-OH is 1. The van der Waals surface area contributed by atoms with Gasteiger partial charge in [0.25, 0.3) is 11.7 Å². The zero-order valence-electron chi connectivity index (χ0n) is 17.8. The minimum Gasteiger partial charge on any atom is -0.507 e. The van der Waals surface area contributed by atoms with Crippen LogP contribution in [0.3, 0.4) is 0 Å². The molecule has 1 aliphatic rings. The summed E-state index contributed by atoms with van der Waals surface area (Å²) < 4.78 is 19.0. The number of carbonyl (C=O) groups excluding carboxylic acids is 2. The number of methoxy groups -OCH3 is 1. The second-order valence-electron chi connectivity index (χ2n) is 7.59. The van der Waals surface area contributed by atoms with Crippen molar-refractivity contribution in [3.8, 4) is 5.75 Å². The number of nitrogens with zero attached hydrogens (tertiary/aromatic N) is 2. The van der Waals surface area contributed by atoms with Gasteiger partial charge >= 0.3 is 0 Å². The van der Waals surface area contributed by atoms with E-state index >= 15 is 0 Å². The van der Waals surface area contributed by atoms with Crippen molar-refractivity contribution >= 4 is 23.1 Å². The van der Waals surface area contributed by atoms with E-state index in [2.05, 4.69) is 4.98 Å². The summed E-state index contributed by atoms with van der Waals surface area (Å²) in [6.07, 6.45) is 3.10. The molecule has 0 bridgehead atoms. The van der Waals surface area contributed by atoms with Crippen LogP contribution in [0, 0.1) is 19.7 Å². The normalized spacial score (nSPS) is 17.6. The number of ketones is 1. The van der Waals surface area contributed by atoms with E-state index in [1.807, 2.05) is 19.9 Å². The van der Waals surface area contributed by atoms with Crippen molar-refractivity contribution in [2.24, 2.45) is 0 Å². The van der Waals surface area contributed by atoms with Gasteiger partial charge in [-0.2, -0.15) is 0 Å². The number of halogens is 1. The van der Waals surface area contributed by atoms with Crippen molar-refractivity contribution in [1.29, 1.82) is 0 Å². The molecule has 1 N–H and O–H groups in total. The van der Waals surface area contributed by atoms with Crippen molar-refractivity contribution in [3.63, 3.8) is 0 Å². The van der Waals surface area contributed by atoms with E-state index in [1.54, 1.807) is 24.4 Å². The number of amides is 1. The van der Waals surface area contributed by atoms with Gasteiger partial charge in [-0.3, -0.25) is 19.5 Å². The molecule has 0 aliphatic carbocycles. The van der Waals surface area contributed by atoms with Crippen LogP contribution in [0.1, 0.15) is 28.3 Å². The summed E-state index contributed by atoms with van der Waals surface area (Å²) in [5.74, 6) is -2.07. The molecule has 0 saturated carbocycles. The number of aryl methyl sites for hydroxylation is 2. The van der Waals surface area contributed by atoms with Crippen LogP contribution in [0.25, 0.3) is 5.76 Å². The Kier molecular flexibility index (Phi) is 5.48. The summed E-state index contributed by atoms with van der Waals surface area (Å²) in [5, 5.41) is 11.3. The molecule has 1 atom stereocenters. The second-order valence-corrected chi connectivity index (χ2v) is 7.59. The van der Waals surface area contributed by atoms with Crippen molar-refractivity contribution in [2.75, 3.05) is 12.0 Å². The Morgan fingerprint density at radius 1 is 1.12 bits per heavy atom. The fourth-order valence-electron chi connectivity index (χ4n) is 4.10. The van der Waals surface area contributed by atoms with Gasteiger partial charge in [-0.15, -0.1) is 0 Å². The molecular formula is C25H21FN2O4. The van der Waals surface area contributed by atoms with Crippen LogP contribution in [-0.4, -0.2) is 28.9 Å². The standard InChI is InChI=1S/C25H21FN2O4/c1-14-11-15(2)24(32-3)19(12-14)22(29)20-21(16-5-4-10-27-13-16)28(25(31)23(20)30)18-8-6-17(26)7-9-18/h4-13,21,29H,1-3H3/b22-20+. The lowest BCUT2D eigenvalue weighted by atomic mass is 9.94. The van der Waals surface area contributed by atoms with Crippen LogP contribution >= 0.6 is 0 Å². The number of hydrogen-bond donors (Lipinski definition) is 1. The van der Waals surface area contributed by atoms with E-state index in [0.717, 1.165) is 11.1 Å². The van der Waals surface area contributed by atoms with Crippen LogP contribution in [0.2, 0.25) is 0 Å². The molecule has 1 unspecified atom stereocenters. The Morgan fingerprint density at radius 3 is 2.47 bits per heavy atom. The number of benzene rings is 2. The Balaban J connectivity index is 1.99. The van der Waals surface area contributed by atoms with Crippen LogP contribution < -0.4 is 9.64 Å². The fraction of sp³-hybridized carbons (Fsp3) is 0.160. The zero-order chi connectivity index (χ0) is 23.0. The third-order valence-corrected chi connectivity index (χ3v) is 5.43. The van der Waals surface area contributed by atoms with Gasteiger partial charge in [0, 0.05) is 18.1 Å². The molecule has 0 spiro atoms. The lowest BCUT2D eigenvalue weighted by Crippen LogP contribution is -2.29. The molecule has 2 aromatic carbocycles. The lowest BCUT2D eigenvalue weighted by Gasteiger charge is -2.25. The van der Waals surface area contributed by atoms with Crippen molar-refractivity contribution < 1.29 is 23.8 Å². The van der Waals surface area contributed by atoms with E-state index in [4.69, 9.17) is 4.74 Å². The number of Topliss-reactive ketones (excluding diaryl/α,β-unsaturated/α-hetero) is 1. The van der Waals surface area contributed by atoms with Gasteiger partial charge in [-0.05, 0) is 66.9 Å². The number of aliphatic hydroxyl groups is 1. The van der Waals surface area contributed by atoms with Crippen molar-refractivity contribution in [1.82, 2.24) is 4.98 Å². The Bertz CT molecular complexity index is 1240. The summed E-state index contributed by atoms with van der Waals surface area (Å²) in [6.45, 7) is 3.69. The first-order valence-electron chi connectivity index (χ1n) is 9.95. The van der Waals surface area contributed by atoms with Gasteiger partial charge in [0.1, 0.15) is 17.3 Å². The largest absolute Gasteiger partial charge is 0.507 e. The van der Waals surface area contributed by atoms with Gasteiger partial charge in [-0.1, -0.05) is 12.1 Å². The number of ether oxygens (including phenoxy) is 1. The van der Waals surface area contributed by atoms with Gasteiger partial charge in [-0.25, -0.2) is 4.39 Å². The van der Waals surface area contributed by atoms with E-state index in [1.165, 1.54) is 42.5 Å². The average molecular weight is 432 g/mol. The number of anilines is 1. The highest BCUT2D eigenvalue weighted by Gasteiger charge is 2.47. The van der Waals surface area contributed by atoms with Crippen LogP contribution in [-0.2, 0) is 9.59 Å². The number of hydrogen-bond acceptors (Lipinski definition) is 5. The summed E-state index contributed by atoms with van der Waals surface area (Å²) >= 11 is 0. The molecule has 2 heterocycles. The van der Waals surface area contributed by atoms with Crippen LogP contribution in [0.4, 0.5) is 10.1 Å². The van der Waals surface area contributed by atoms with Crippen molar-refractivity contribution in [2.45, 2.75) is 19.9 Å². The first kappa shape index (κ1) is 21.2. The molecule has 32 heavy (non-hydrogen) atoms. The minimum atomic E-state index is -0.945. The highest BCUT2D eigenvalue weighted by atomic mass is 19.1. The van der Waals surface area contributed by atoms with Crippen LogP contribution in [0.5, 0.6) is 5.75 Å². The third kappa shape index (κ3) is 3.51. The Morgan fingerprint density at radius 2 is 1.84 bits per heavy atom. The lowest BCUT2D eigenvalue weighted by molar-refractivity contribution is -0.132. The average Bonchev–Trinajstić information content (AvgIpc) is 3.04. The van der Waals surface area contributed by atoms with E-state index in [0.29, 0.717) is 22.6 Å². The monoisotopic (exact) mass is 432 g/mol. The predicted octanol–water partition coefficient (Wildman–Crippen LogP) is 4.47. The Labute approximate surface area is 184 Å². The summed E-state index contributed by atoms with van der Waals surface area (Å²) in [6, 6.07) is 11.3. The molecule has 4 rings (SSSR count). The first-order chi connectivity index (χ1) is 15.3.